The maximum atomic E-state index is 14.4. The van der Waals surface area contributed by atoms with Crippen LogP contribution in [-0.2, 0) is 57.4 Å². The minimum atomic E-state index is -1.54. The van der Waals surface area contributed by atoms with E-state index in [9.17, 15) is 58.2 Å². The van der Waals surface area contributed by atoms with Gasteiger partial charge < -0.3 is 70.5 Å². The molecule has 26 nitrogen and oxygen atoms in total. The van der Waals surface area contributed by atoms with Gasteiger partial charge in [0.05, 0.1) is 62.7 Å². The molecule has 6 aliphatic rings. The van der Waals surface area contributed by atoms with E-state index in [1.807, 2.05) is 72.8 Å². The predicted molar refractivity (Wildman–Crippen MR) is 426 cm³/mol. The van der Waals surface area contributed by atoms with Crippen LogP contribution in [0.15, 0.2) is 158 Å². The van der Waals surface area contributed by atoms with Gasteiger partial charge in [0.25, 0.3) is 0 Å². The number of pyridine rings is 2. The second-order valence-corrected chi connectivity index (χ2v) is 32.6. The van der Waals surface area contributed by atoms with Crippen LogP contribution in [0.1, 0.15) is 131 Å². The van der Waals surface area contributed by atoms with Crippen molar-refractivity contribution >= 4 is 81.1 Å². The maximum absolute atomic E-state index is 14.4. The topological polar surface area (TPSA) is 364 Å². The first kappa shape index (κ1) is 83.5. The number of hydrogen-bond donors (Lipinski definition) is 8. The highest BCUT2D eigenvalue weighted by Gasteiger charge is 2.62. The van der Waals surface area contributed by atoms with Crippen molar-refractivity contribution in [1.82, 2.24) is 41.9 Å². The Bertz CT molecular complexity index is 4440. The summed E-state index contributed by atoms with van der Waals surface area (Å²) in [6, 6.07) is 29.5. The minimum Gasteiger partial charge on any atom is -0.497 e. The van der Waals surface area contributed by atoms with Gasteiger partial charge in [-0.15, -0.1) is 13.2 Å². The number of carbonyl (C=O) groups excluding carboxylic acids is 8. The van der Waals surface area contributed by atoms with Gasteiger partial charge in [0.1, 0.15) is 70.5 Å². The number of hydrogen-bond acceptors (Lipinski definition) is 18. The standard InChI is InChI=1S/2C44H52N4O9/c2*1-7-27-24-44(27,42(53)54)48-39(50)32-21-29(57-35-23-33(25-14-10-8-11-15-25)45-34-22-28(55-5)18-19-30(34)35)20-31(32)38(49)47-37(43(2,3)4)40(51)46-36(41(52)56-6)26-16-12-9-13-17-26/h2*7-8,10-11,14-15,18-20,22-23,26-27,29,32,36-37H,1,9,12-13,16-17,21,24H2,2-6H3,(H,46,51)(H,47,49)(H,48,50)(H,53,54)/t27-,29+,32-,36+,37-,44-;27-,29-,32+,36+,37-,44-/m11/s1. The average Bonchev–Trinajstić information content (AvgIpc) is 1.58. The Labute approximate surface area is 663 Å². The van der Waals surface area contributed by atoms with E-state index in [0.29, 0.717) is 56.2 Å². The molecule has 0 spiro atoms. The molecule has 0 radical (unpaired) electrons. The van der Waals surface area contributed by atoms with E-state index < -0.39 is 141 Å². The normalized spacial score (nSPS) is 23.0. The Morgan fingerprint density at radius 1 is 0.491 bits per heavy atom. The van der Waals surface area contributed by atoms with Crippen LogP contribution in [-0.4, -0.2) is 155 Å². The molecule has 12 atom stereocenters. The molecule has 604 valence electrons. The summed E-state index contributed by atoms with van der Waals surface area (Å²) in [5.74, 6) is -8.68. The summed E-state index contributed by atoms with van der Waals surface area (Å²) in [6.07, 6.45) is 13.7. The lowest BCUT2D eigenvalue weighted by Gasteiger charge is -2.34. The molecular weight excluding hydrogens is 1460 g/mol. The van der Waals surface area contributed by atoms with Gasteiger partial charge in [0, 0.05) is 82.0 Å². The predicted octanol–water partition coefficient (Wildman–Crippen LogP) is 11.0. The average molecular weight is 1560 g/mol. The lowest BCUT2D eigenvalue weighted by molar-refractivity contribution is -0.148. The third kappa shape index (κ3) is 18.8. The number of amides is 6. The molecular formula is C88H104N8O18. The molecule has 2 heterocycles. The number of rotatable bonds is 28. The first-order valence-corrected chi connectivity index (χ1v) is 39.0. The van der Waals surface area contributed by atoms with Crippen LogP contribution in [0.2, 0.25) is 0 Å². The number of esters is 2. The zero-order chi connectivity index (χ0) is 82.1. The Morgan fingerprint density at radius 2 is 0.851 bits per heavy atom. The summed E-state index contributed by atoms with van der Waals surface area (Å²) in [5.41, 5.74) is -0.544. The molecule has 4 saturated carbocycles. The van der Waals surface area contributed by atoms with Crippen molar-refractivity contribution in [2.24, 2.45) is 46.3 Å². The molecule has 0 bridgehead atoms. The zero-order valence-electron chi connectivity index (χ0n) is 66.3. The van der Waals surface area contributed by atoms with E-state index >= 15 is 0 Å². The molecule has 0 aliphatic heterocycles. The number of methoxy groups -OCH3 is 4. The molecule has 0 saturated heterocycles. The molecule has 2 aromatic heterocycles. The summed E-state index contributed by atoms with van der Waals surface area (Å²) < 4.78 is 34.3. The number of aliphatic carboxylic acids is 2. The van der Waals surface area contributed by atoms with Crippen LogP contribution >= 0.6 is 0 Å². The molecule has 6 aromatic rings. The van der Waals surface area contributed by atoms with E-state index in [2.05, 4.69) is 45.1 Å². The Kier molecular flexibility index (Phi) is 25.9. The lowest BCUT2D eigenvalue weighted by Crippen LogP contribution is -2.58. The highest BCUT2D eigenvalue weighted by molar-refractivity contribution is 6.06. The van der Waals surface area contributed by atoms with Gasteiger partial charge in [-0.1, -0.05) is 153 Å². The number of nitrogens with zero attached hydrogens (tertiary/aromatic N) is 2. The fourth-order valence-electron chi connectivity index (χ4n) is 16.1. The number of carboxylic acid groups (broad SMARTS) is 2. The van der Waals surface area contributed by atoms with E-state index in [0.717, 1.165) is 75.3 Å². The molecule has 26 heteroatoms. The van der Waals surface area contributed by atoms with Crippen molar-refractivity contribution < 1.29 is 86.6 Å². The van der Waals surface area contributed by atoms with Crippen LogP contribution in [0.25, 0.3) is 44.3 Å². The summed E-state index contributed by atoms with van der Waals surface area (Å²) in [4.78, 5) is 145. The third-order valence-electron chi connectivity index (χ3n) is 22.8. The highest BCUT2D eigenvalue weighted by atomic mass is 16.5. The van der Waals surface area contributed by atoms with Crippen molar-refractivity contribution in [3.05, 3.63) is 158 Å². The second kappa shape index (κ2) is 35.3. The van der Waals surface area contributed by atoms with Gasteiger partial charge in [-0.2, -0.15) is 0 Å². The third-order valence-corrected chi connectivity index (χ3v) is 22.8. The molecule has 4 aromatic carbocycles. The molecule has 6 amide bonds. The van der Waals surface area contributed by atoms with Crippen LogP contribution < -0.4 is 50.8 Å². The van der Waals surface area contributed by atoms with Gasteiger partial charge in [-0.3, -0.25) is 28.8 Å². The lowest BCUT2D eigenvalue weighted by atomic mass is 9.82. The van der Waals surface area contributed by atoms with Crippen LogP contribution in [0.3, 0.4) is 0 Å². The number of aromatic nitrogens is 2. The maximum Gasteiger partial charge on any atom is 0.330 e. The van der Waals surface area contributed by atoms with Gasteiger partial charge >= 0.3 is 23.9 Å². The smallest absolute Gasteiger partial charge is 0.330 e. The van der Waals surface area contributed by atoms with Crippen molar-refractivity contribution in [2.45, 2.75) is 179 Å². The van der Waals surface area contributed by atoms with Gasteiger partial charge in [0.15, 0.2) is 0 Å². The van der Waals surface area contributed by atoms with Crippen molar-refractivity contribution in [3.63, 3.8) is 0 Å². The largest absolute Gasteiger partial charge is 0.497 e. The molecule has 8 N–H and O–H groups in total. The zero-order valence-corrected chi connectivity index (χ0v) is 66.3. The van der Waals surface area contributed by atoms with Crippen molar-refractivity contribution in [2.75, 3.05) is 28.4 Å². The summed E-state index contributed by atoms with van der Waals surface area (Å²) >= 11 is 0. The van der Waals surface area contributed by atoms with Crippen LogP contribution in [0.5, 0.6) is 23.0 Å². The number of benzene rings is 4. The molecule has 6 aliphatic carbocycles. The fraction of sp³-hybridized carbons (Fsp3) is 0.455. The second-order valence-electron chi connectivity index (χ2n) is 32.6. The monoisotopic (exact) mass is 1560 g/mol. The number of ether oxygens (including phenoxy) is 6. The summed E-state index contributed by atoms with van der Waals surface area (Å²) in [7, 11) is 5.70. The summed E-state index contributed by atoms with van der Waals surface area (Å²) in [6.45, 7) is 18.2. The van der Waals surface area contributed by atoms with Gasteiger partial charge in [0.2, 0.25) is 35.4 Å². The van der Waals surface area contributed by atoms with E-state index in [-0.39, 0.29) is 48.7 Å². The van der Waals surface area contributed by atoms with Crippen molar-refractivity contribution in [3.8, 4) is 45.5 Å². The Hall–Kier alpha value is -11.4. The Balaban J connectivity index is 0.000000225. The van der Waals surface area contributed by atoms with Gasteiger partial charge in [-0.05, 0) is 97.6 Å². The SMILES string of the molecule is C=C[C@@H]1C[C@]1(NC(=O)[C@@H]1C[C@@H](Oc2cc(-c3ccccc3)nc3cc(OC)ccc23)C=C1C(=O)N[C@H](C(=O)N[C@H](C(=O)OC)C1CCCCC1)C(C)(C)C)C(=O)O.C=C[C@@H]1C[C@]1(NC(=O)[C@H]1C[C@H](Oc2cc(-c3ccccc3)nc3cc(OC)ccc23)C=C1C(=O)N[C@H](C(=O)N[C@H](C(=O)OC)C1CCCCC1)C(C)(C)C)C(=O)O. The molecule has 0 unspecified atom stereocenters. The number of nitrogens with one attached hydrogen (secondary N) is 6. The number of fused-ring (bicyclic) bond motifs is 2. The molecule has 12 rings (SSSR count). The van der Waals surface area contributed by atoms with Crippen molar-refractivity contribution in [1.29, 1.82) is 0 Å². The first-order chi connectivity index (χ1) is 54.4. The van der Waals surface area contributed by atoms with Crippen LogP contribution in [0, 0.1) is 46.3 Å². The molecule has 4 fully saturated rings. The quantitative estimate of drug-likeness (QED) is 0.0167. The fourth-order valence-corrected chi connectivity index (χ4v) is 16.1. The van der Waals surface area contributed by atoms with Gasteiger partial charge in [-0.25, -0.2) is 29.1 Å². The van der Waals surface area contributed by atoms with E-state index in [1.54, 1.807) is 104 Å². The molecule has 114 heavy (non-hydrogen) atoms. The highest BCUT2D eigenvalue weighted by Crippen LogP contribution is 2.48. The number of carbonyl (C=O) groups is 10. The number of carboxylic acids is 2. The summed E-state index contributed by atoms with van der Waals surface area (Å²) in [5, 5.41) is 38.4. The van der Waals surface area contributed by atoms with E-state index in [4.69, 9.17) is 38.4 Å². The first-order valence-electron chi connectivity index (χ1n) is 39.0. The van der Waals surface area contributed by atoms with E-state index in [1.165, 1.54) is 26.4 Å². The minimum absolute atomic E-state index is 0.00214. The Morgan fingerprint density at radius 3 is 1.16 bits per heavy atom. The van der Waals surface area contributed by atoms with Crippen LogP contribution in [0.4, 0.5) is 0 Å².